The van der Waals surface area contributed by atoms with Gasteiger partial charge in [0.25, 0.3) is 0 Å². The lowest BCUT2D eigenvalue weighted by molar-refractivity contribution is -0.137. The number of carbonyl (C=O) groups excluding carboxylic acids is 2. The lowest BCUT2D eigenvalue weighted by Crippen LogP contribution is -2.57. The summed E-state index contributed by atoms with van der Waals surface area (Å²) in [5.41, 5.74) is 0. The van der Waals surface area contributed by atoms with Crippen LogP contribution in [-0.4, -0.2) is 53.1 Å². The normalized spacial score (nSPS) is 27.2. The summed E-state index contributed by atoms with van der Waals surface area (Å²) in [5.74, 6) is -0.521. The van der Waals surface area contributed by atoms with Gasteiger partial charge in [-0.25, -0.2) is 4.79 Å². The number of hydrogen-bond donors (Lipinski definition) is 3. The van der Waals surface area contributed by atoms with Gasteiger partial charge in [-0.2, -0.15) is 0 Å². The molecule has 2 fully saturated rings. The van der Waals surface area contributed by atoms with Crippen molar-refractivity contribution >= 4 is 17.9 Å². The summed E-state index contributed by atoms with van der Waals surface area (Å²) in [5, 5.41) is 14.4. The van der Waals surface area contributed by atoms with Crippen molar-refractivity contribution in [2.24, 2.45) is 5.92 Å². The highest BCUT2D eigenvalue weighted by Gasteiger charge is 2.35. The van der Waals surface area contributed by atoms with Crippen LogP contribution >= 0.6 is 0 Å². The molecule has 3 atom stereocenters. The number of carbonyl (C=O) groups is 3. The lowest BCUT2D eigenvalue weighted by atomic mass is 9.85. The van der Waals surface area contributed by atoms with Crippen LogP contribution in [0.3, 0.4) is 0 Å². The number of likely N-dealkylation sites (tertiary alicyclic amines) is 1. The third-order valence-corrected chi connectivity index (χ3v) is 3.96. The Hall–Kier alpha value is -1.79. The van der Waals surface area contributed by atoms with Gasteiger partial charge in [0.15, 0.2) is 0 Å². The molecule has 3 amide bonds. The van der Waals surface area contributed by atoms with E-state index in [0.717, 1.165) is 12.8 Å². The molecule has 2 heterocycles. The summed E-state index contributed by atoms with van der Waals surface area (Å²) in [6, 6.07) is -0.422. The number of fused-ring (bicyclic) bond motifs is 1. The van der Waals surface area contributed by atoms with Gasteiger partial charge in [-0.15, -0.1) is 0 Å². The smallest absolute Gasteiger partial charge is 0.317 e. The van der Waals surface area contributed by atoms with Crippen molar-refractivity contribution < 1.29 is 19.5 Å². The average Bonchev–Trinajstić information content (AvgIpc) is 2.36. The van der Waals surface area contributed by atoms with Gasteiger partial charge in [-0.05, 0) is 25.7 Å². The van der Waals surface area contributed by atoms with Gasteiger partial charge in [0.05, 0.1) is 6.42 Å². The molecule has 2 aliphatic rings. The molecule has 112 valence electrons. The van der Waals surface area contributed by atoms with E-state index >= 15 is 0 Å². The topological polar surface area (TPSA) is 98.7 Å². The van der Waals surface area contributed by atoms with Gasteiger partial charge >= 0.3 is 12.0 Å². The Morgan fingerprint density at radius 1 is 1.50 bits per heavy atom. The maximum Gasteiger partial charge on any atom is 0.317 e. The molecule has 3 unspecified atom stereocenters. The minimum Gasteiger partial charge on any atom is -0.481 e. The van der Waals surface area contributed by atoms with Gasteiger partial charge in [-0.3, -0.25) is 9.59 Å². The Morgan fingerprint density at radius 3 is 2.95 bits per heavy atom. The molecular weight excluding hydrogens is 262 g/mol. The van der Waals surface area contributed by atoms with Crippen LogP contribution in [-0.2, 0) is 9.59 Å². The van der Waals surface area contributed by atoms with Crippen molar-refractivity contribution in [1.29, 1.82) is 0 Å². The number of hydrogen-bond acceptors (Lipinski definition) is 3. The molecule has 0 aromatic carbocycles. The zero-order valence-corrected chi connectivity index (χ0v) is 11.6. The van der Waals surface area contributed by atoms with Crippen LogP contribution in [0.4, 0.5) is 4.79 Å². The van der Waals surface area contributed by atoms with E-state index in [2.05, 4.69) is 10.6 Å². The monoisotopic (exact) mass is 283 g/mol. The Labute approximate surface area is 117 Å². The van der Waals surface area contributed by atoms with Crippen LogP contribution in [0.1, 0.15) is 32.6 Å². The third-order valence-electron chi connectivity index (χ3n) is 3.96. The van der Waals surface area contributed by atoms with E-state index in [9.17, 15) is 14.4 Å². The van der Waals surface area contributed by atoms with E-state index in [-0.39, 0.29) is 30.4 Å². The van der Waals surface area contributed by atoms with Crippen LogP contribution < -0.4 is 10.6 Å². The summed E-state index contributed by atoms with van der Waals surface area (Å²) in [6.45, 7) is 2.89. The molecule has 0 aromatic rings. The lowest BCUT2D eigenvalue weighted by Gasteiger charge is -2.41. The van der Waals surface area contributed by atoms with E-state index in [1.54, 1.807) is 11.8 Å². The molecule has 0 radical (unpaired) electrons. The Balaban J connectivity index is 1.83. The van der Waals surface area contributed by atoms with Gasteiger partial charge in [-0.1, -0.05) is 0 Å². The predicted octanol–water partition coefficient (Wildman–Crippen LogP) is 0.160. The molecule has 0 bridgehead atoms. The number of nitrogens with one attached hydrogen (secondary N) is 2. The van der Waals surface area contributed by atoms with Crippen LogP contribution in [0.25, 0.3) is 0 Å². The first-order valence-electron chi connectivity index (χ1n) is 7.02. The molecule has 20 heavy (non-hydrogen) atoms. The molecule has 0 aromatic heterocycles. The highest BCUT2D eigenvalue weighted by atomic mass is 16.4. The number of urea groups is 1. The van der Waals surface area contributed by atoms with E-state index in [0.29, 0.717) is 25.4 Å². The number of carboxylic acid groups (broad SMARTS) is 1. The molecule has 7 heteroatoms. The molecule has 2 aliphatic heterocycles. The number of amides is 3. The summed E-state index contributed by atoms with van der Waals surface area (Å²) in [4.78, 5) is 35.7. The van der Waals surface area contributed by atoms with Crippen LogP contribution in [0.15, 0.2) is 0 Å². The summed E-state index contributed by atoms with van der Waals surface area (Å²) in [7, 11) is 0. The first kappa shape index (κ1) is 14.6. The minimum atomic E-state index is -0.925. The van der Waals surface area contributed by atoms with Gasteiger partial charge in [0.2, 0.25) is 5.91 Å². The fraction of sp³-hybridized carbons (Fsp3) is 0.769. The average molecular weight is 283 g/mol. The molecule has 3 N–H and O–H groups in total. The molecule has 2 rings (SSSR count). The zero-order chi connectivity index (χ0) is 14.7. The Kier molecular flexibility index (Phi) is 4.46. The highest BCUT2D eigenvalue weighted by molar-refractivity contribution is 5.78. The quantitative estimate of drug-likeness (QED) is 0.687. The molecule has 2 saturated heterocycles. The van der Waals surface area contributed by atoms with Crippen LogP contribution in [0.5, 0.6) is 0 Å². The van der Waals surface area contributed by atoms with Crippen molar-refractivity contribution in [1.82, 2.24) is 15.5 Å². The fourth-order valence-electron chi connectivity index (χ4n) is 2.91. The molecule has 0 saturated carbocycles. The van der Waals surface area contributed by atoms with Crippen LogP contribution in [0.2, 0.25) is 0 Å². The maximum atomic E-state index is 12.1. The zero-order valence-electron chi connectivity index (χ0n) is 11.6. The second-order valence-corrected chi connectivity index (χ2v) is 5.66. The predicted molar refractivity (Wildman–Crippen MR) is 71.1 cm³/mol. The molecule has 0 spiro atoms. The summed E-state index contributed by atoms with van der Waals surface area (Å²) < 4.78 is 0. The first-order chi connectivity index (χ1) is 9.45. The van der Waals surface area contributed by atoms with E-state index in [1.165, 1.54) is 0 Å². The Morgan fingerprint density at radius 2 is 2.25 bits per heavy atom. The first-order valence-corrected chi connectivity index (χ1v) is 7.02. The van der Waals surface area contributed by atoms with E-state index in [1.807, 2.05) is 0 Å². The number of rotatable bonds is 3. The van der Waals surface area contributed by atoms with E-state index < -0.39 is 5.97 Å². The number of carboxylic acids is 1. The molecule has 7 nitrogen and oxygen atoms in total. The summed E-state index contributed by atoms with van der Waals surface area (Å²) in [6.07, 6.45) is 2.01. The van der Waals surface area contributed by atoms with E-state index in [4.69, 9.17) is 5.11 Å². The van der Waals surface area contributed by atoms with Gasteiger partial charge in [0, 0.05) is 31.6 Å². The Bertz CT molecular complexity index is 412. The third kappa shape index (κ3) is 3.61. The second kappa shape index (κ2) is 6.11. The number of nitrogens with zero attached hydrogens (tertiary/aromatic N) is 1. The molecule has 0 aliphatic carbocycles. The second-order valence-electron chi connectivity index (χ2n) is 5.66. The number of aliphatic carboxylic acids is 1. The van der Waals surface area contributed by atoms with Crippen molar-refractivity contribution in [3.05, 3.63) is 0 Å². The largest absolute Gasteiger partial charge is 0.481 e. The standard InChI is InChI=1S/C13H21N3O4/c1-8(6-12(18)19)14-13(20)16-5-4-10-9(7-16)2-3-11(17)15-10/h8-10H,2-7H2,1H3,(H,14,20)(H,15,17)(H,18,19). The van der Waals surface area contributed by atoms with Crippen molar-refractivity contribution in [2.45, 2.75) is 44.7 Å². The van der Waals surface area contributed by atoms with Crippen molar-refractivity contribution in [3.63, 3.8) is 0 Å². The van der Waals surface area contributed by atoms with Crippen molar-refractivity contribution in [3.8, 4) is 0 Å². The SMILES string of the molecule is CC(CC(=O)O)NC(=O)N1CCC2NC(=O)CCC2C1. The van der Waals surface area contributed by atoms with Crippen molar-refractivity contribution in [2.75, 3.05) is 13.1 Å². The maximum absolute atomic E-state index is 12.1. The van der Waals surface area contributed by atoms with Gasteiger partial charge < -0.3 is 20.6 Å². The van der Waals surface area contributed by atoms with Crippen LogP contribution in [0, 0.1) is 5.92 Å². The van der Waals surface area contributed by atoms with Gasteiger partial charge in [0.1, 0.15) is 0 Å². The minimum absolute atomic E-state index is 0.0817. The number of piperidine rings is 2. The molecular formula is C13H21N3O4. The summed E-state index contributed by atoms with van der Waals surface area (Å²) >= 11 is 0. The highest BCUT2D eigenvalue weighted by Crippen LogP contribution is 2.25. The fourth-order valence-corrected chi connectivity index (χ4v) is 2.91.